The summed E-state index contributed by atoms with van der Waals surface area (Å²) in [4.78, 5) is 64.0. The van der Waals surface area contributed by atoms with E-state index >= 15 is 0 Å². The van der Waals surface area contributed by atoms with E-state index in [9.17, 15) is 37.1 Å². The van der Waals surface area contributed by atoms with Crippen LogP contribution in [0.15, 0.2) is 18.2 Å². The Morgan fingerprint density at radius 3 is 2.44 bits per heavy atom. The van der Waals surface area contributed by atoms with E-state index in [0.29, 0.717) is 32.4 Å². The van der Waals surface area contributed by atoms with E-state index in [4.69, 9.17) is 9.47 Å². The molecule has 2 aliphatic heterocycles. The van der Waals surface area contributed by atoms with Crippen molar-refractivity contribution in [2.24, 2.45) is 11.8 Å². The summed E-state index contributed by atoms with van der Waals surface area (Å²) in [5.74, 6) is -4.20. The van der Waals surface area contributed by atoms with Crippen LogP contribution in [0, 0.1) is 18.8 Å². The van der Waals surface area contributed by atoms with Crippen LogP contribution in [0.25, 0.3) is 0 Å². The van der Waals surface area contributed by atoms with Crippen LogP contribution >= 0.6 is 0 Å². The molecule has 10 nitrogen and oxygen atoms in total. The number of esters is 1. The summed E-state index contributed by atoms with van der Waals surface area (Å²) < 4.78 is 50.8. The van der Waals surface area contributed by atoms with Gasteiger partial charge in [-0.25, -0.2) is 4.79 Å². The van der Waals surface area contributed by atoms with Gasteiger partial charge in [-0.2, -0.15) is 13.2 Å². The zero-order valence-corrected chi connectivity index (χ0v) is 23.3. The molecule has 0 bridgehead atoms. The molecule has 226 valence electrons. The average Bonchev–Trinajstić information content (AvgIpc) is 3.57. The van der Waals surface area contributed by atoms with Crippen molar-refractivity contribution in [2.45, 2.75) is 77.2 Å². The van der Waals surface area contributed by atoms with Crippen molar-refractivity contribution < 1.29 is 46.6 Å². The van der Waals surface area contributed by atoms with Gasteiger partial charge in [-0.05, 0) is 56.6 Å². The monoisotopic (exact) mass is 583 g/mol. The molecule has 0 spiro atoms. The van der Waals surface area contributed by atoms with Crippen molar-refractivity contribution in [3.05, 3.63) is 34.9 Å². The fourth-order valence-electron chi connectivity index (χ4n) is 4.93. The summed E-state index contributed by atoms with van der Waals surface area (Å²) in [5.41, 5.74) is -1.89. The standard InChI is InChI=1S/C28H36F3N3O7/c1-15(2)12-20(34-26(38)22-8-5-11-40-22)25(37)33-19(13-17-9-10-32-24(17)36)21(35)14-41-27(39)23-16(3)6-4-7-18(23)28(29,30)31/h4,6-7,15,17,19-20,22H,5,8-14H2,1-3H3,(H,32,36)(H,33,37)(H,34,38)/t17-,19-,20-,22+/m0/s1. The zero-order valence-electron chi connectivity index (χ0n) is 23.3. The van der Waals surface area contributed by atoms with Crippen molar-refractivity contribution in [1.29, 1.82) is 0 Å². The summed E-state index contributed by atoms with van der Waals surface area (Å²) in [7, 11) is 0. The molecule has 3 amide bonds. The van der Waals surface area contributed by atoms with E-state index < -0.39 is 71.6 Å². The summed E-state index contributed by atoms with van der Waals surface area (Å²) in [5, 5.41) is 7.90. The van der Waals surface area contributed by atoms with Gasteiger partial charge in [0.05, 0.1) is 17.2 Å². The quantitative estimate of drug-likeness (QED) is 0.321. The van der Waals surface area contributed by atoms with Crippen LogP contribution in [-0.2, 0) is 34.8 Å². The number of carbonyl (C=O) groups excluding carboxylic acids is 5. The second-order valence-electron chi connectivity index (χ2n) is 10.8. The number of hydrogen-bond acceptors (Lipinski definition) is 7. The molecular formula is C28H36F3N3O7. The molecule has 2 fully saturated rings. The van der Waals surface area contributed by atoms with Crippen molar-refractivity contribution in [2.75, 3.05) is 19.8 Å². The number of aryl methyl sites for hydroxylation is 1. The Kier molecular flexibility index (Phi) is 10.9. The Hall–Kier alpha value is -3.48. The molecule has 2 heterocycles. The molecule has 3 N–H and O–H groups in total. The summed E-state index contributed by atoms with van der Waals surface area (Å²) in [6, 6.07) is 0.909. The number of hydrogen-bond donors (Lipinski definition) is 3. The number of amides is 3. The lowest BCUT2D eigenvalue weighted by molar-refractivity contribution is -0.138. The molecule has 0 unspecified atom stereocenters. The van der Waals surface area contributed by atoms with E-state index in [1.165, 1.54) is 13.0 Å². The maximum absolute atomic E-state index is 13.5. The first-order valence-electron chi connectivity index (χ1n) is 13.6. The molecule has 0 aromatic heterocycles. The second-order valence-corrected chi connectivity index (χ2v) is 10.8. The van der Waals surface area contributed by atoms with Crippen molar-refractivity contribution in [3.8, 4) is 0 Å². The summed E-state index contributed by atoms with van der Waals surface area (Å²) >= 11 is 0. The number of nitrogens with one attached hydrogen (secondary N) is 3. The third kappa shape index (κ3) is 8.75. The van der Waals surface area contributed by atoms with Crippen molar-refractivity contribution in [3.63, 3.8) is 0 Å². The number of carbonyl (C=O) groups is 5. The third-order valence-corrected chi connectivity index (χ3v) is 7.08. The van der Waals surface area contributed by atoms with Crippen LogP contribution in [0.3, 0.4) is 0 Å². The average molecular weight is 584 g/mol. The Labute approximate surface area is 236 Å². The van der Waals surface area contributed by atoms with Gasteiger partial charge in [-0.3, -0.25) is 19.2 Å². The van der Waals surface area contributed by atoms with Gasteiger partial charge in [0.2, 0.25) is 17.7 Å². The Balaban J connectivity index is 1.75. The Bertz CT molecular complexity index is 1150. The first-order chi connectivity index (χ1) is 19.3. The van der Waals surface area contributed by atoms with Crippen LogP contribution < -0.4 is 16.0 Å². The minimum atomic E-state index is -4.82. The van der Waals surface area contributed by atoms with E-state index in [-0.39, 0.29) is 30.2 Å². The van der Waals surface area contributed by atoms with Crippen LogP contribution in [-0.4, -0.2) is 67.4 Å². The highest BCUT2D eigenvalue weighted by Gasteiger charge is 2.38. The number of alkyl halides is 3. The van der Waals surface area contributed by atoms with Gasteiger partial charge in [0, 0.05) is 19.1 Å². The van der Waals surface area contributed by atoms with E-state index in [1.807, 2.05) is 13.8 Å². The SMILES string of the molecule is Cc1cccc(C(F)(F)F)c1C(=O)OCC(=O)[C@H](C[C@@H]1CCNC1=O)NC(=O)[C@H](CC(C)C)NC(=O)[C@H]1CCCO1. The second kappa shape index (κ2) is 13.9. The van der Waals surface area contributed by atoms with Gasteiger partial charge in [0.25, 0.3) is 0 Å². The van der Waals surface area contributed by atoms with Crippen LogP contribution in [0.1, 0.15) is 67.4 Å². The summed E-state index contributed by atoms with van der Waals surface area (Å²) in [6.45, 7) is 4.91. The molecule has 1 aromatic rings. The normalized spacial score (nSPS) is 20.3. The predicted molar refractivity (Wildman–Crippen MR) is 139 cm³/mol. The highest BCUT2D eigenvalue weighted by molar-refractivity contribution is 5.97. The highest BCUT2D eigenvalue weighted by atomic mass is 19.4. The molecule has 2 aliphatic rings. The maximum Gasteiger partial charge on any atom is 0.417 e. The van der Waals surface area contributed by atoms with Gasteiger partial charge in [-0.1, -0.05) is 26.0 Å². The van der Waals surface area contributed by atoms with Gasteiger partial charge in [0.15, 0.2) is 12.4 Å². The highest BCUT2D eigenvalue weighted by Crippen LogP contribution is 2.33. The molecule has 2 saturated heterocycles. The minimum absolute atomic E-state index is 0.0109. The lowest BCUT2D eigenvalue weighted by Crippen LogP contribution is -2.54. The fourth-order valence-corrected chi connectivity index (χ4v) is 4.93. The van der Waals surface area contributed by atoms with Gasteiger partial charge in [-0.15, -0.1) is 0 Å². The molecule has 1 aromatic carbocycles. The first-order valence-corrected chi connectivity index (χ1v) is 13.6. The molecule has 13 heteroatoms. The molecule has 0 radical (unpaired) electrons. The lowest BCUT2D eigenvalue weighted by Gasteiger charge is -2.25. The number of Topliss-reactive ketones (excluding diaryl/α,β-unsaturated/α-hetero) is 1. The minimum Gasteiger partial charge on any atom is -0.454 e. The van der Waals surface area contributed by atoms with Crippen LogP contribution in [0.2, 0.25) is 0 Å². The lowest BCUT2D eigenvalue weighted by atomic mass is 9.95. The number of benzene rings is 1. The molecule has 0 saturated carbocycles. The molecular weight excluding hydrogens is 547 g/mol. The molecule has 41 heavy (non-hydrogen) atoms. The zero-order chi connectivity index (χ0) is 30.3. The summed E-state index contributed by atoms with van der Waals surface area (Å²) in [6.07, 6.45) is -3.73. The van der Waals surface area contributed by atoms with E-state index in [2.05, 4.69) is 16.0 Å². The van der Waals surface area contributed by atoms with E-state index in [0.717, 1.165) is 12.1 Å². The Morgan fingerprint density at radius 2 is 1.85 bits per heavy atom. The van der Waals surface area contributed by atoms with Gasteiger partial charge >= 0.3 is 12.1 Å². The number of ether oxygens (including phenoxy) is 2. The first kappa shape index (κ1) is 32.0. The fraction of sp³-hybridized carbons (Fsp3) is 0.607. The van der Waals surface area contributed by atoms with Gasteiger partial charge in [0.1, 0.15) is 12.1 Å². The number of ketones is 1. The topological polar surface area (TPSA) is 140 Å². The van der Waals surface area contributed by atoms with Crippen molar-refractivity contribution in [1.82, 2.24) is 16.0 Å². The van der Waals surface area contributed by atoms with E-state index in [1.54, 1.807) is 0 Å². The van der Waals surface area contributed by atoms with Crippen LogP contribution in [0.5, 0.6) is 0 Å². The Morgan fingerprint density at radius 1 is 1.12 bits per heavy atom. The molecule has 0 aliphatic carbocycles. The predicted octanol–water partition coefficient (Wildman–Crippen LogP) is 2.46. The molecule has 3 rings (SSSR count). The van der Waals surface area contributed by atoms with Gasteiger partial charge < -0.3 is 25.4 Å². The van der Waals surface area contributed by atoms with Crippen molar-refractivity contribution >= 4 is 29.5 Å². The number of rotatable bonds is 12. The largest absolute Gasteiger partial charge is 0.454 e. The smallest absolute Gasteiger partial charge is 0.417 e. The maximum atomic E-state index is 13.5. The molecule has 4 atom stereocenters. The van der Waals surface area contributed by atoms with Crippen LogP contribution in [0.4, 0.5) is 13.2 Å². The third-order valence-electron chi connectivity index (χ3n) is 7.08. The number of halogens is 3.